The van der Waals surface area contributed by atoms with Gasteiger partial charge >= 0.3 is 0 Å². The van der Waals surface area contributed by atoms with E-state index in [-0.39, 0.29) is 17.0 Å². The average Bonchev–Trinajstić information content (AvgIpc) is 3.44. The van der Waals surface area contributed by atoms with Crippen molar-refractivity contribution in [2.45, 2.75) is 0 Å². The number of anilines is 2. The molecule has 2 amide bonds. The summed E-state index contributed by atoms with van der Waals surface area (Å²) in [5.74, 6) is -0.918. The molecule has 1 aliphatic rings. The van der Waals surface area contributed by atoms with Gasteiger partial charge in [-0.3, -0.25) is 14.4 Å². The van der Waals surface area contributed by atoms with Crippen molar-refractivity contribution in [2.24, 2.45) is 0 Å². The highest BCUT2D eigenvalue weighted by atomic mass is 16.5. The van der Waals surface area contributed by atoms with Crippen molar-refractivity contribution in [3.8, 4) is 17.3 Å². The molecule has 0 radical (unpaired) electrons. The van der Waals surface area contributed by atoms with Gasteiger partial charge in [0, 0.05) is 0 Å². The number of carbonyl (C=O) groups is 2. The topological polar surface area (TPSA) is 76.8 Å². The molecule has 1 aliphatic heterocycles. The maximum atomic E-state index is 14.0. The maximum Gasteiger partial charge on any atom is 0.283 e. The molecule has 196 valence electrons. The Balaban J connectivity index is 1.58. The summed E-state index contributed by atoms with van der Waals surface area (Å²) in [6.07, 6.45) is 1.34. The van der Waals surface area contributed by atoms with Crippen LogP contribution in [0.25, 0.3) is 17.5 Å². The van der Waals surface area contributed by atoms with Crippen LogP contribution in [0.4, 0.5) is 11.4 Å². The Morgan fingerprint density at radius 1 is 0.525 bits per heavy atom. The number of nitrogens with zero attached hydrogens (tertiary/aromatic N) is 4. The summed E-state index contributed by atoms with van der Waals surface area (Å²) in [4.78, 5) is 41.8. The van der Waals surface area contributed by atoms with Gasteiger partial charge in [0.2, 0.25) is 5.88 Å². The Kier molecular flexibility index (Phi) is 6.34. The van der Waals surface area contributed by atoms with E-state index in [2.05, 4.69) is 0 Å². The molecule has 6 rings (SSSR count). The highest BCUT2D eigenvalue weighted by Gasteiger charge is 2.43. The second-order valence-electron chi connectivity index (χ2n) is 8.99. The molecule has 8 heteroatoms. The molecule has 1 aromatic heterocycles. The van der Waals surface area contributed by atoms with Gasteiger partial charge in [0.1, 0.15) is 11.1 Å². The molecule has 0 spiro atoms. The van der Waals surface area contributed by atoms with Gasteiger partial charge in [-0.25, -0.2) is 19.4 Å². The Labute approximate surface area is 230 Å². The third kappa shape index (κ3) is 4.08. The number of hydrogen-bond donors (Lipinski definition) is 0. The maximum absolute atomic E-state index is 14.0. The lowest BCUT2D eigenvalue weighted by Gasteiger charge is -2.27. The van der Waals surface area contributed by atoms with Gasteiger partial charge in [0.15, 0.2) is 0 Å². The normalized spacial score (nSPS) is 13.2. The first kappa shape index (κ1) is 24.7. The van der Waals surface area contributed by atoms with Crippen molar-refractivity contribution in [3.05, 3.63) is 143 Å². The van der Waals surface area contributed by atoms with E-state index in [1.54, 1.807) is 65.3 Å². The van der Waals surface area contributed by atoms with Crippen molar-refractivity contribution in [3.63, 3.8) is 0 Å². The predicted octanol–water partition coefficient (Wildman–Crippen LogP) is 5.02. The SMILES string of the molecule is COc1c(C=C2C(=O)N(c3ccccc3)N(c3ccccc3)C2=O)c(=O)n(-c2ccccc2)n1-c1ccccc1. The number of ether oxygens (including phenoxy) is 1. The van der Waals surface area contributed by atoms with Crippen LogP contribution in [0.15, 0.2) is 132 Å². The largest absolute Gasteiger partial charge is 0.480 e. The number of benzene rings is 4. The van der Waals surface area contributed by atoms with Crippen molar-refractivity contribution < 1.29 is 14.3 Å². The van der Waals surface area contributed by atoms with Crippen LogP contribution in [0.2, 0.25) is 0 Å². The third-order valence-electron chi connectivity index (χ3n) is 6.58. The average molecular weight is 529 g/mol. The van der Waals surface area contributed by atoms with Crippen LogP contribution in [0, 0.1) is 0 Å². The molecule has 5 aromatic rings. The van der Waals surface area contributed by atoms with E-state index in [4.69, 9.17) is 4.74 Å². The minimum atomic E-state index is -0.555. The number of hydrogen-bond acceptors (Lipinski definition) is 4. The second kappa shape index (κ2) is 10.3. The molecule has 0 saturated carbocycles. The quantitative estimate of drug-likeness (QED) is 0.229. The highest BCUT2D eigenvalue weighted by Crippen LogP contribution is 2.34. The van der Waals surface area contributed by atoms with Crippen molar-refractivity contribution in [1.82, 2.24) is 9.36 Å². The molecule has 40 heavy (non-hydrogen) atoms. The molecular weight excluding hydrogens is 504 g/mol. The zero-order valence-electron chi connectivity index (χ0n) is 21.5. The van der Waals surface area contributed by atoms with Gasteiger partial charge in [0.05, 0.1) is 29.9 Å². The third-order valence-corrected chi connectivity index (χ3v) is 6.58. The fourth-order valence-electron chi connectivity index (χ4n) is 4.80. The zero-order chi connectivity index (χ0) is 27.6. The monoisotopic (exact) mass is 528 g/mol. The number of aromatic nitrogens is 2. The van der Waals surface area contributed by atoms with E-state index >= 15 is 0 Å². The Morgan fingerprint density at radius 3 is 1.30 bits per heavy atom. The molecule has 0 atom stereocenters. The van der Waals surface area contributed by atoms with E-state index in [9.17, 15) is 14.4 Å². The molecule has 0 unspecified atom stereocenters. The lowest BCUT2D eigenvalue weighted by molar-refractivity contribution is -0.116. The van der Waals surface area contributed by atoms with Crippen molar-refractivity contribution >= 4 is 29.3 Å². The van der Waals surface area contributed by atoms with Crippen molar-refractivity contribution in [1.29, 1.82) is 0 Å². The fraction of sp³-hybridized carbons (Fsp3) is 0.0312. The summed E-state index contributed by atoms with van der Waals surface area (Å²) in [5.41, 5.74) is 1.78. The van der Waals surface area contributed by atoms with Gasteiger partial charge < -0.3 is 4.74 Å². The molecule has 1 fully saturated rings. The second-order valence-corrected chi connectivity index (χ2v) is 8.99. The molecular formula is C32H24N4O4. The first-order chi connectivity index (χ1) is 19.6. The van der Waals surface area contributed by atoms with E-state index in [1.165, 1.54) is 27.9 Å². The summed E-state index contributed by atoms with van der Waals surface area (Å²) in [6.45, 7) is 0. The standard InChI is InChI=1S/C32H24N4O4/c1-40-32-28(31(39)35(25-18-10-4-11-19-25)36(32)26-20-12-5-13-21-26)22-27-29(37)33(23-14-6-2-7-15-23)34(30(27)38)24-16-8-3-9-17-24/h2-22H,1H3. The minimum absolute atomic E-state index is 0.0785. The van der Waals surface area contributed by atoms with E-state index in [1.807, 2.05) is 60.7 Å². The zero-order valence-corrected chi connectivity index (χ0v) is 21.5. The summed E-state index contributed by atoms with van der Waals surface area (Å²) in [6, 6.07) is 36.2. The molecule has 2 heterocycles. The molecule has 0 N–H and O–H groups in total. The molecule has 0 aliphatic carbocycles. The number of hydrazine groups is 1. The Hall–Kier alpha value is -5.63. The van der Waals surface area contributed by atoms with E-state index < -0.39 is 17.4 Å². The van der Waals surface area contributed by atoms with Crippen LogP contribution in [-0.2, 0) is 9.59 Å². The first-order valence-corrected chi connectivity index (χ1v) is 12.6. The predicted molar refractivity (Wildman–Crippen MR) is 154 cm³/mol. The number of rotatable bonds is 6. The molecule has 4 aromatic carbocycles. The van der Waals surface area contributed by atoms with Crippen LogP contribution in [-0.4, -0.2) is 28.3 Å². The number of para-hydroxylation sites is 4. The summed E-state index contributed by atoms with van der Waals surface area (Å²) < 4.78 is 8.87. The lowest BCUT2D eigenvalue weighted by Crippen LogP contribution is -2.41. The first-order valence-electron chi connectivity index (χ1n) is 12.6. The van der Waals surface area contributed by atoms with Crippen LogP contribution >= 0.6 is 0 Å². The van der Waals surface area contributed by atoms with Gasteiger partial charge in [-0.15, -0.1) is 0 Å². The summed E-state index contributed by atoms with van der Waals surface area (Å²) in [5, 5.41) is 2.64. The van der Waals surface area contributed by atoms with Crippen LogP contribution in [0.3, 0.4) is 0 Å². The van der Waals surface area contributed by atoms with E-state index in [0.29, 0.717) is 22.7 Å². The lowest BCUT2D eigenvalue weighted by atomic mass is 10.1. The van der Waals surface area contributed by atoms with Gasteiger partial charge in [-0.2, -0.15) is 0 Å². The Morgan fingerprint density at radius 2 is 0.900 bits per heavy atom. The summed E-state index contributed by atoms with van der Waals surface area (Å²) in [7, 11) is 1.45. The number of methoxy groups -OCH3 is 1. The summed E-state index contributed by atoms with van der Waals surface area (Å²) >= 11 is 0. The molecule has 0 bridgehead atoms. The number of amides is 2. The Bertz CT molecular complexity index is 1720. The molecule has 1 saturated heterocycles. The van der Waals surface area contributed by atoms with Crippen molar-refractivity contribution in [2.75, 3.05) is 17.1 Å². The van der Waals surface area contributed by atoms with Gasteiger partial charge in [0.25, 0.3) is 17.4 Å². The van der Waals surface area contributed by atoms with Gasteiger partial charge in [-0.1, -0.05) is 72.8 Å². The smallest absolute Gasteiger partial charge is 0.283 e. The van der Waals surface area contributed by atoms with E-state index in [0.717, 1.165) is 0 Å². The molecule has 8 nitrogen and oxygen atoms in total. The van der Waals surface area contributed by atoms with Crippen LogP contribution < -0.4 is 20.3 Å². The van der Waals surface area contributed by atoms with Crippen LogP contribution in [0.5, 0.6) is 5.88 Å². The van der Waals surface area contributed by atoms with Crippen LogP contribution in [0.1, 0.15) is 5.56 Å². The highest BCUT2D eigenvalue weighted by molar-refractivity contribution is 6.38. The number of carbonyl (C=O) groups excluding carboxylic acids is 2. The fourth-order valence-corrected chi connectivity index (χ4v) is 4.80. The minimum Gasteiger partial charge on any atom is -0.480 e. The van der Waals surface area contributed by atoms with Gasteiger partial charge in [-0.05, 0) is 54.6 Å².